The lowest BCUT2D eigenvalue weighted by Gasteiger charge is -2.39. The van der Waals surface area contributed by atoms with Crippen molar-refractivity contribution in [1.82, 2.24) is 10.2 Å². The van der Waals surface area contributed by atoms with Crippen molar-refractivity contribution in [2.75, 3.05) is 33.4 Å². The van der Waals surface area contributed by atoms with E-state index in [0.717, 1.165) is 17.9 Å². The van der Waals surface area contributed by atoms with E-state index in [4.69, 9.17) is 21.1 Å². The number of rotatable bonds is 4. The SMILES string of the molecule is COCC1CN(C(=O)NC2CC(c3ccccc3Cl)C2)CCO1. The number of nitrogens with one attached hydrogen (secondary N) is 1. The van der Waals surface area contributed by atoms with E-state index in [1.54, 1.807) is 7.11 Å². The number of urea groups is 1. The first kappa shape index (κ1) is 16.6. The Kier molecular flexibility index (Phi) is 5.41. The molecule has 23 heavy (non-hydrogen) atoms. The third-order valence-corrected chi connectivity index (χ3v) is 4.93. The molecular weight excluding hydrogens is 316 g/mol. The predicted molar refractivity (Wildman–Crippen MR) is 88.9 cm³/mol. The number of methoxy groups -OCH3 is 1. The monoisotopic (exact) mass is 338 g/mol. The molecule has 126 valence electrons. The Labute approximate surface area is 141 Å². The van der Waals surface area contributed by atoms with Crippen molar-refractivity contribution < 1.29 is 14.3 Å². The Morgan fingerprint density at radius 1 is 1.43 bits per heavy atom. The maximum Gasteiger partial charge on any atom is 0.317 e. The highest BCUT2D eigenvalue weighted by atomic mass is 35.5. The Morgan fingerprint density at radius 2 is 2.22 bits per heavy atom. The van der Waals surface area contributed by atoms with Crippen LogP contribution in [0.25, 0.3) is 0 Å². The molecule has 1 saturated heterocycles. The first-order chi connectivity index (χ1) is 11.2. The molecule has 5 nitrogen and oxygen atoms in total. The van der Waals surface area contributed by atoms with Crippen LogP contribution in [-0.4, -0.2) is 56.5 Å². The van der Waals surface area contributed by atoms with E-state index >= 15 is 0 Å². The summed E-state index contributed by atoms with van der Waals surface area (Å²) in [6.07, 6.45) is 1.86. The second-order valence-electron chi connectivity index (χ2n) is 6.23. The maximum absolute atomic E-state index is 12.4. The highest BCUT2D eigenvalue weighted by Gasteiger charge is 2.34. The molecule has 1 aromatic rings. The summed E-state index contributed by atoms with van der Waals surface area (Å²) in [7, 11) is 1.64. The van der Waals surface area contributed by atoms with Crippen LogP contribution in [0.15, 0.2) is 24.3 Å². The average Bonchev–Trinajstić information content (AvgIpc) is 2.52. The molecule has 1 unspecified atom stereocenters. The minimum atomic E-state index is -0.0308. The zero-order valence-corrected chi connectivity index (χ0v) is 14.1. The second-order valence-corrected chi connectivity index (χ2v) is 6.64. The fraction of sp³-hybridized carbons (Fsp3) is 0.588. The Balaban J connectivity index is 1.46. The van der Waals surface area contributed by atoms with Gasteiger partial charge in [-0.25, -0.2) is 4.79 Å². The topological polar surface area (TPSA) is 50.8 Å². The number of morpholine rings is 1. The fourth-order valence-electron chi connectivity index (χ4n) is 3.25. The van der Waals surface area contributed by atoms with Gasteiger partial charge in [-0.1, -0.05) is 29.8 Å². The predicted octanol–water partition coefficient (Wildman–Crippen LogP) is 2.64. The molecule has 6 heteroatoms. The molecule has 1 aliphatic carbocycles. The standard InChI is InChI=1S/C17H23ClN2O3/c1-22-11-14-10-20(6-7-23-14)17(21)19-13-8-12(9-13)15-4-2-3-5-16(15)18/h2-5,12-14H,6-11H2,1H3,(H,19,21). The quantitative estimate of drug-likeness (QED) is 0.918. The van der Waals surface area contributed by atoms with Gasteiger partial charge in [0, 0.05) is 24.7 Å². The van der Waals surface area contributed by atoms with Crippen LogP contribution in [0.5, 0.6) is 0 Å². The van der Waals surface area contributed by atoms with Crippen molar-refractivity contribution in [3.8, 4) is 0 Å². The summed E-state index contributed by atoms with van der Waals surface area (Å²) < 4.78 is 10.7. The van der Waals surface area contributed by atoms with Gasteiger partial charge >= 0.3 is 6.03 Å². The summed E-state index contributed by atoms with van der Waals surface area (Å²) in [4.78, 5) is 14.2. The van der Waals surface area contributed by atoms with E-state index in [1.165, 1.54) is 5.56 Å². The van der Waals surface area contributed by atoms with Gasteiger partial charge in [0.05, 0.1) is 25.9 Å². The Hall–Kier alpha value is -1.30. The molecule has 2 aliphatic rings. The fourth-order valence-corrected chi connectivity index (χ4v) is 3.54. The molecule has 1 aromatic carbocycles. The number of nitrogens with zero attached hydrogens (tertiary/aromatic N) is 1. The number of hydrogen-bond acceptors (Lipinski definition) is 3. The van der Waals surface area contributed by atoms with Gasteiger partial charge in [0.25, 0.3) is 0 Å². The number of carbonyl (C=O) groups excluding carboxylic acids is 1. The van der Waals surface area contributed by atoms with E-state index in [-0.39, 0.29) is 18.2 Å². The molecule has 1 aliphatic heterocycles. The molecule has 0 radical (unpaired) electrons. The first-order valence-electron chi connectivity index (χ1n) is 8.07. The van der Waals surface area contributed by atoms with Crippen molar-refractivity contribution in [3.05, 3.63) is 34.9 Å². The van der Waals surface area contributed by atoms with Crippen molar-refractivity contribution >= 4 is 17.6 Å². The molecule has 0 bridgehead atoms. The maximum atomic E-state index is 12.4. The summed E-state index contributed by atoms with van der Waals surface area (Å²) in [5.41, 5.74) is 1.19. The number of ether oxygens (including phenoxy) is 2. The highest BCUT2D eigenvalue weighted by molar-refractivity contribution is 6.31. The van der Waals surface area contributed by atoms with Crippen LogP contribution in [0.2, 0.25) is 5.02 Å². The summed E-state index contributed by atoms with van der Waals surface area (Å²) in [5, 5.41) is 3.93. The molecular formula is C17H23ClN2O3. The minimum Gasteiger partial charge on any atom is -0.382 e. The number of amides is 2. The number of benzene rings is 1. The molecule has 1 atom stereocenters. The molecule has 0 aromatic heterocycles. The molecule has 0 spiro atoms. The van der Waals surface area contributed by atoms with Gasteiger partial charge in [-0.3, -0.25) is 0 Å². The van der Waals surface area contributed by atoms with E-state index in [2.05, 4.69) is 11.4 Å². The van der Waals surface area contributed by atoms with Gasteiger partial charge in [0.1, 0.15) is 0 Å². The molecule has 1 N–H and O–H groups in total. The van der Waals surface area contributed by atoms with Crippen LogP contribution in [0.3, 0.4) is 0 Å². The Bertz CT molecular complexity index is 546. The number of carbonyl (C=O) groups is 1. The van der Waals surface area contributed by atoms with E-state index in [9.17, 15) is 4.79 Å². The third kappa shape index (κ3) is 3.97. The van der Waals surface area contributed by atoms with Crippen molar-refractivity contribution in [2.24, 2.45) is 0 Å². The van der Waals surface area contributed by atoms with Crippen LogP contribution in [-0.2, 0) is 9.47 Å². The van der Waals surface area contributed by atoms with Gasteiger partial charge < -0.3 is 19.7 Å². The van der Waals surface area contributed by atoms with Gasteiger partial charge in [0.15, 0.2) is 0 Å². The second kappa shape index (κ2) is 7.51. The lowest BCUT2D eigenvalue weighted by molar-refractivity contribution is -0.0498. The van der Waals surface area contributed by atoms with Crippen molar-refractivity contribution in [1.29, 1.82) is 0 Å². The molecule has 3 rings (SSSR count). The first-order valence-corrected chi connectivity index (χ1v) is 8.45. The van der Waals surface area contributed by atoms with Crippen LogP contribution in [0.1, 0.15) is 24.3 Å². The average molecular weight is 339 g/mol. The number of halogens is 1. The zero-order chi connectivity index (χ0) is 16.2. The van der Waals surface area contributed by atoms with Crippen molar-refractivity contribution in [2.45, 2.75) is 30.9 Å². The Morgan fingerprint density at radius 3 is 2.96 bits per heavy atom. The zero-order valence-electron chi connectivity index (χ0n) is 13.3. The summed E-state index contributed by atoms with van der Waals surface area (Å²) in [6, 6.07) is 8.18. The van der Waals surface area contributed by atoms with Crippen LogP contribution in [0.4, 0.5) is 4.79 Å². The van der Waals surface area contributed by atoms with Gasteiger partial charge in [-0.05, 0) is 30.4 Å². The van der Waals surface area contributed by atoms with Crippen LogP contribution in [0, 0.1) is 0 Å². The highest BCUT2D eigenvalue weighted by Crippen LogP contribution is 2.39. The van der Waals surface area contributed by atoms with Gasteiger partial charge in [0.2, 0.25) is 0 Å². The summed E-state index contributed by atoms with van der Waals surface area (Å²) in [6.45, 7) is 2.29. The number of hydrogen-bond donors (Lipinski definition) is 1. The largest absolute Gasteiger partial charge is 0.382 e. The van der Waals surface area contributed by atoms with Gasteiger partial charge in [-0.2, -0.15) is 0 Å². The minimum absolute atomic E-state index is 0.00277. The third-order valence-electron chi connectivity index (χ3n) is 4.59. The molecule has 1 saturated carbocycles. The summed E-state index contributed by atoms with van der Waals surface area (Å²) in [5.74, 6) is 0.444. The molecule has 1 heterocycles. The smallest absolute Gasteiger partial charge is 0.317 e. The normalized spacial score (nSPS) is 27.4. The molecule has 2 amide bonds. The lowest BCUT2D eigenvalue weighted by atomic mass is 9.76. The van der Waals surface area contributed by atoms with E-state index in [0.29, 0.717) is 32.2 Å². The van der Waals surface area contributed by atoms with E-state index in [1.807, 2.05) is 23.1 Å². The lowest BCUT2D eigenvalue weighted by Crippen LogP contribution is -2.54. The van der Waals surface area contributed by atoms with Crippen LogP contribution >= 0.6 is 11.6 Å². The summed E-state index contributed by atoms with van der Waals surface area (Å²) >= 11 is 6.23. The van der Waals surface area contributed by atoms with Crippen molar-refractivity contribution in [3.63, 3.8) is 0 Å². The van der Waals surface area contributed by atoms with Crippen LogP contribution < -0.4 is 5.32 Å². The molecule has 2 fully saturated rings. The van der Waals surface area contributed by atoms with E-state index < -0.39 is 0 Å². The van der Waals surface area contributed by atoms with Gasteiger partial charge in [-0.15, -0.1) is 0 Å².